The van der Waals surface area contributed by atoms with E-state index in [2.05, 4.69) is 66.1 Å². The molecule has 2 aromatic carbocycles. The number of carbonyl (C=O) groups is 1. The Labute approximate surface area is 236 Å². The second-order valence-corrected chi connectivity index (χ2v) is 13.3. The Bertz CT molecular complexity index is 1290. The Balaban J connectivity index is 1.17. The molecule has 2 N–H and O–H groups in total. The number of nitrogens with one attached hydrogen (secondary N) is 2. The molecule has 5 rings (SSSR count). The maximum atomic E-state index is 13.1. The summed E-state index contributed by atoms with van der Waals surface area (Å²) in [6.07, 6.45) is 9.48. The van der Waals surface area contributed by atoms with E-state index in [1.165, 1.54) is 49.9 Å². The summed E-state index contributed by atoms with van der Waals surface area (Å²) < 4.78 is 0. The molecule has 1 saturated carbocycles. The molecule has 2 aromatic rings. The lowest BCUT2D eigenvalue weighted by atomic mass is 9.61. The molecule has 206 valence electrons. The van der Waals surface area contributed by atoms with Crippen LogP contribution in [-0.4, -0.2) is 35.9 Å². The lowest BCUT2D eigenvalue weighted by Crippen LogP contribution is -2.39. The van der Waals surface area contributed by atoms with Crippen molar-refractivity contribution >= 4 is 26.4 Å². The number of nitrogens with zero attached hydrogens (tertiary/aromatic N) is 2. The van der Waals surface area contributed by atoms with Gasteiger partial charge >= 0.3 is 0 Å². The molecule has 3 aliphatic rings. The van der Waals surface area contributed by atoms with E-state index in [1.54, 1.807) is 0 Å². The van der Waals surface area contributed by atoms with Crippen molar-refractivity contribution < 1.29 is 4.79 Å². The molecular formula is C33H43N4OP. The van der Waals surface area contributed by atoms with Crippen molar-refractivity contribution in [1.29, 1.82) is 0 Å². The number of anilines is 1. The van der Waals surface area contributed by atoms with Crippen LogP contribution in [-0.2, 0) is 6.54 Å². The van der Waals surface area contributed by atoms with Gasteiger partial charge in [0.2, 0.25) is 0 Å². The lowest BCUT2D eigenvalue weighted by molar-refractivity contribution is 0.0599. The summed E-state index contributed by atoms with van der Waals surface area (Å²) in [5.41, 5.74) is 6.72. The largest absolute Gasteiger partial charge is 0.322 e. The van der Waals surface area contributed by atoms with Crippen LogP contribution in [0.2, 0.25) is 0 Å². The van der Waals surface area contributed by atoms with Gasteiger partial charge in [-0.1, -0.05) is 52.8 Å². The third-order valence-corrected chi connectivity index (χ3v) is 10.1. The van der Waals surface area contributed by atoms with Gasteiger partial charge in [0.15, 0.2) is 0 Å². The van der Waals surface area contributed by atoms with Crippen LogP contribution in [0.25, 0.3) is 0 Å². The minimum absolute atomic E-state index is 0.0707. The Kier molecular flexibility index (Phi) is 8.52. The molecule has 1 amide bonds. The van der Waals surface area contributed by atoms with Crippen molar-refractivity contribution in [2.45, 2.75) is 71.7 Å². The normalized spacial score (nSPS) is 27.3. The van der Waals surface area contributed by atoms with E-state index in [9.17, 15) is 4.79 Å². The quantitative estimate of drug-likeness (QED) is 0.341. The molecule has 5 nitrogen and oxygen atoms in total. The lowest BCUT2D eigenvalue weighted by Gasteiger charge is -2.45. The average molecular weight is 543 g/mol. The highest BCUT2D eigenvalue weighted by Crippen LogP contribution is 2.53. The van der Waals surface area contributed by atoms with Gasteiger partial charge in [0.1, 0.15) is 0 Å². The predicted octanol–water partition coefficient (Wildman–Crippen LogP) is 7.42. The second kappa shape index (κ2) is 11.9. The molecule has 1 spiro atoms. The third-order valence-electron chi connectivity index (χ3n) is 8.89. The van der Waals surface area contributed by atoms with Crippen molar-refractivity contribution in [3.8, 4) is 0 Å². The first kappa shape index (κ1) is 28.0. The monoisotopic (exact) mass is 542 g/mol. The van der Waals surface area contributed by atoms with E-state index in [-0.39, 0.29) is 17.7 Å². The molecule has 2 aliphatic heterocycles. The van der Waals surface area contributed by atoms with Crippen LogP contribution < -0.4 is 10.6 Å². The molecule has 3 atom stereocenters. The summed E-state index contributed by atoms with van der Waals surface area (Å²) in [6.45, 7) is 16.2. The molecule has 0 bridgehead atoms. The van der Waals surface area contributed by atoms with E-state index < -0.39 is 0 Å². The highest BCUT2D eigenvalue weighted by atomic mass is 31.1. The van der Waals surface area contributed by atoms with Gasteiger partial charge in [-0.3, -0.25) is 20.0 Å². The first-order valence-corrected chi connectivity index (χ1v) is 15.5. The average Bonchev–Trinajstić information content (AvgIpc) is 3.33. The van der Waals surface area contributed by atoms with Crippen molar-refractivity contribution in [3.63, 3.8) is 0 Å². The van der Waals surface area contributed by atoms with E-state index in [0.29, 0.717) is 19.6 Å². The van der Waals surface area contributed by atoms with E-state index in [1.807, 2.05) is 43.5 Å². The maximum Gasteiger partial charge on any atom is 0.255 e. The van der Waals surface area contributed by atoms with Gasteiger partial charge in [0.25, 0.3) is 5.91 Å². The highest BCUT2D eigenvalue weighted by Gasteiger charge is 2.47. The number of hydrogen-bond acceptors (Lipinski definition) is 4. The summed E-state index contributed by atoms with van der Waals surface area (Å²) in [5.74, 6) is 1.05. The molecule has 0 aromatic heterocycles. The number of aliphatic imine (C=N–C) groups is 1. The Morgan fingerprint density at radius 3 is 2.82 bits per heavy atom. The summed E-state index contributed by atoms with van der Waals surface area (Å²) in [4.78, 5) is 20.3. The molecule has 3 unspecified atom stereocenters. The Morgan fingerprint density at radius 2 is 2.10 bits per heavy atom. The van der Waals surface area contributed by atoms with Gasteiger partial charge in [-0.25, -0.2) is 0 Å². The summed E-state index contributed by atoms with van der Waals surface area (Å²) in [5, 5.41) is 7.83. The third kappa shape index (κ3) is 6.43. The van der Waals surface area contributed by atoms with Gasteiger partial charge in [-0.15, -0.1) is 0 Å². The van der Waals surface area contributed by atoms with Crippen LogP contribution in [0.15, 0.2) is 71.1 Å². The predicted molar refractivity (Wildman–Crippen MR) is 166 cm³/mol. The Morgan fingerprint density at radius 1 is 1.28 bits per heavy atom. The van der Waals surface area contributed by atoms with Crippen LogP contribution in [0.4, 0.5) is 5.69 Å². The van der Waals surface area contributed by atoms with Gasteiger partial charge in [0.05, 0.1) is 11.5 Å². The topological polar surface area (TPSA) is 56.7 Å². The maximum absolute atomic E-state index is 13.1. The standard InChI is InChI=1S/C33H43N4OP/c1-6-25-17-33(18-25)13-14-37(21-33)20-28-12-11-27(15-22(28)3)32(38)36-29-10-8-9-26(16-29)23(4)35-31-19-34-30(7-2)24(5)39-31/h7-12,15-16,19,23,25,31,35,39H,5-6,13-14,17-18,20-21H2,1-4H3,(H,36,38)/b30-7+. The zero-order valence-corrected chi connectivity index (χ0v) is 24.9. The summed E-state index contributed by atoms with van der Waals surface area (Å²) >= 11 is 0. The van der Waals surface area contributed by atoms with Crippen LogP contribution >= 0.6 is 8.58 Å². The van der Waals surface area contributed by atoms with Gasteiger partial charge < -0.3 is 5.32 Å². The fourth-order valence-electron chi connectivity index (χ4n) is 6.52. The van der Waals surface area contributed by atoms with Crippen LogP contribution in [0.1, 0.15) is 79.5 Å². The number of likely N-dealkylation sites (tertiary alicyclic amines) is 1. The van der Waals surface area contributed by atoms with Crippen molar-refractivity contribution in [2.75, 3.05) is 18.4 Å². The first-order valence-electron chi connectivity index (χ1n) is 14.4. The minimum Gasteiger partial charge on any atom is -0.322 e. The zero-order chi connectivity index (χ0) is 27.6. The number of aryl methyl sites for hydroxylation is 1. The molecule has 6 heteroatoms. The van der Waals surface area contributed by atoms with E-state index in [4.69, 9.17) is 0 Å². The highest BCUT2D eigenvalue weighted by molar-refractivity contribution is 7.45. The first-order chi connectivity index (χ1) is 18.8. The van der Waals surface area contributed by atoms with Crippen molar-refractivity contribution in [1.82, 2.24) is 10.2 Å². The number of hydrogen-bond donors (Lipinski definition) is 2. The second-order valence-electron chi connectivity index (χ2n) is 11.8. The molecule has 2 fully saturated rings. The van der Waals surface area contributed by atoms with Crippen LogP contribution in [0.3, 0.4) is 0 Å². The van der Waals surface area contributed by atoms with E-state index >= 15 is 0 Å². The number of rotatable bonds is 8. The molecule has 2 heterocycles. The van der Waals surface area contributed by atoms with Crippen LogP contribution in [0, 0.1) is 18.3 Å². The number of allylic oxidation sites excluding steroid dienone is 2. The fourth-order valence-corrected chi connectivity index (χ4v) is 7.74. The molecule has 1 saturated heterocycles. The number of benzene rings is 2. The number of carbonyl (C=O) groups excluding carboxylic acids is 1. The molecule has 39 heavy (non-hydrogen) atoms. The van der Waals surface area contributed by atoms with E-state index in [0.717, 1.165) is 34.7 Å². The minimum atomic E-state index is -0.0707. The molecular weight excluding hydrogens is 499 g/mol. The van der Waals surface area contributed by atoms with Crippen molar-refractivity contribution in [3.05, 3.63) is 88.4 Å². The summed E-state index contributed by atoms with van der Waals surface area (Å²) in [6, 6.07) is 14.4. The molecule has 0 radical (unpaired) electrons. The molecule has 1 aliphatic carbocycles. The smallest absolute Gasteiger partial charge is 0.255 e. The van der Waals surface area contributed by atoms with Crippen LogP contribution in [0.5, 0.6) is 0 Å². The number of amides is 1. The van der Waals surface area contributed by atoms with Gasteiger partial charge in [-0.2, -0.15) is 0 Å². The Hall–Kier alpha value is -2.59. The van der Waals surface area contributed by atoms with Gasteiger partial charge in [0, 0.05) is 36.6 Å². The van der Waals surface area contributed by atoms with Crippen molar-refractivity contribution in [2.24, 2.45) is 16.3 Å². The SMILES string of the molecule is C=C1PC(NC(C)c2cccc(NC(=O)c3ccc(CN4CCC5(CC(CC)C5)C4)c(C)c3)c2)C=N/C1=C/C. The summed E-state index contributed by atoms with van der Waals surface area (Å²) in [7, 11) is 0.568. The zero-order valence-electron chi connectivity index (χ0n) is 23.9. The fraction of sp³-hybridized carbons (Fsp3) is 0.455. The van der Waals surface area contributed by atoms with Gasteiger partial charge in [-0.05, 0) is 104 Å².